The van der Waals surface area contributed by atoms with Gasteiger partial charge in [-0.3, -0.25) is 19.2 Å². The van der Waals surface area contributed by atoms with E-state index < -0.39 is 53.8 Å². The van der Waals surface area contributed by atoms with Gasteiger partial charge in [-0.2, -0.15) is 0 Å². The minimum Gasteiger partial charge on any atom is -0.480 e. The van der Waals surface area contributed by atoms with E-state index in [4.69, 9.17) is 17.2 Å². The first kappa shape index (κ1) is 31.5. The molecular formula is C25H40N6O6. The Kier molecular flexibility index (Phi) is 13.9. The van der Waals surface area contributed by atoms with Crippen LogP contribution in [-0.2, 0) is 30.4 Å². The molecule has 0 fully saturated rings. The number of carbonyl (C=O) groups excluding carboxylic acids is 4. The third-order valence-corrected chi connectivity index (χ3v) is 6.03. The van der Waals surface area contributed by atoms with E-state index in [0.717, 1.165) is 5.56 Å². The number of nitrogens with two attached hydrogens (primary N) is 3. The van der Waals surface area contributed by atoms with Crippen LogP contribution in [-0.4, -0.2) is 65.4 Å². The predicted molar refractivity (Wildman–Crippen MR) is 138 cm³/mol. The van der Waals surface area contributed by atoms with Crippen LogP contribution in [0.3, 0.4) is 0 Å². The number of hydrogen-bond donors (Lipinski definition) is 7. The minimum atomic E-state index is -1.23. The zero-order chi connectivity index (χ0) is 28.0. The average Bonchev–Trinajstić information content (AvgIpc) is 2.85. The first-order valence-corrected chi connectivity index (χ1v) is 12.4. The second kappa shape index (κ2) is 16.3. The number of amides is 4. The number of aliphatic carboxylic acids is 1. The summed E-state index contributed by atoms with van der Waals surface area (Å²) in [5.74, 6) is -4.31. The molecule has 12 nitrogen and oxygen atoms in total. The molecule has 0 saturated heterocycles. The number of primary amides is 1. The molecule has 5 unspecified atom stereocenters. The normalized spacial score (nSPS) is 14.9. The van der Waals surface area contributed by atoms with Crippen molar-refractivity contribution in [1.29, 1.82) is 0 Å². The molecule has 206 valence electrons. The fourth-order valence-corrected chi connectivity index (χ4v) is 3.62. The van der Waals surface area contributed by atoms with E-state index in [1.807, 2.05) is 6.92 Å². The van der Waals surface area contributed by atoms with Gasteiger partial charge in [0.2, 0.25) is 23.6 Å². The van der Waals surface area contributed by atoms with Crippen LogP contribution < -0.4 is 33.2 Å². The molecule has 37 heavy (non-hydrogen) atoms. The molecule has 1 rings (SSSR count). The van der Waals surface area contributed by atoms with E-state index >= 15 is 0 Å². The maximum Gasteiger partial charge on any atom is 0.326 e. The van der Waals surface area contributed by atoms with E-state index in [9.17, 15) is 29.1 Å². The number of carboxylic acid groups (broad SMARTS) is 1. The van der Waals surface area contributed by atoms with Crippen LogP contribution in [0.5, 0.6) is 0 Å². The Bertz CT molecular complexity index is 912. The summed E-state index contributed by atoms with van der Waals surface area (Å²) in [4.78, 5) is 61.7. The third-order valence-electron chi connectivity index (χ3n) is 6.03. The topological polar surface area (TPSA) is 220 Å². The van der Waals surface area contributed by atoms with Gasteiger partial charge in [0.25, 0.3) is 0 Å². The first-order valence-electron chi connectivity index (χ1n) is 12.4. The highest BCUT2D eigenvalue weighted by atomic mass is 16.4. The zero-order valence-electron chi connectivity index (χ0n) is 21.4. The Morgan fingerprint density at radius 2 is 1.54 bits per heavy atom. The SMILES string of the molecule is CCC(C)C(NC(=O)C(N)CC(N)=O)C(=O)NC(CCCCN)C(=O)NC(Cc1ccccc1)C(=O)O. The Labute approximate surface area is 217 Å². The number of benzene rings is 1. The number of hydrogen-bond acceptors (Lipinski definition) is 7. The molecule has 0 aromatic heterocycles. The second-order valence-corrected chi connectivity index (χ2v) is 9.08. The molecule has 12 heteroatoms. The lowest BCUT2D eigenvalue weighted by Crippen LogP contribution is -2.59. The van der Waals surface area contributed by atoms with E-state index in [0.29, 0.717) is 25.8 Å². The van der Waals surface area contributed by atoms with Gasteiger partial charge in [0.15, 0.2) is 0 Å². The van der Waals surface area contributed by atoms with E-state index in [1.165, 1.54) is 0 Å². The lowest BCUT2D eigenvalue weighted by atomic mass is 9.96. The second-order valence-electron chi connectivity index (χ2n) is 9.08. The maximum absolute atomic E-state index is 13.2. The molecule has 0 aliphatic rings. The lowest BCUT2D eigenvalue weighted by molar-refractivity contribution is -0.142. The van der Waals surface area contributed by atoms with Crippen molar-refractivity contribution in [2.45, 2.75) is 76.5 Å². The summed E-state index contributed by atoms with van der Waals surface area (Å²) in [6.45, 7) is 3.96. The summed E-state index contributed by atoms with van der Waals surface area (Å²) in [5.41, 5.74) is 17.1. The minimum absolute atomic E-state index is 0.0642. The molecule has 0 saturated carbocycles. The Balaban J connectivity index is 3.03. The molecular weight excluding hydrogens is 480 g/mol. The van der Waals surface area contributed by atoms with Gasteiger partial charge in [-0.25, -0.2) is 4.79 Å². The first-order chi connectivity index (χ1) is 17.5. The summed E-state index contributed by atoms with van der Waals surface area (Å²) in [7, 11) is 0. The van der Waals surface area contributed by atoms with E-state index in [1.54, 1.807) is 37.3 Å². The lowest BCUT2D eigenvalue weighted by Gasteiger charge is -2.28. The number of carbonyl (C=O) groups is 5. The van der Waals surface area contributed by atoms with Crippen LogP contribution in [0.25, 0.3) is 0 Å². The van der Waals surface area contributed by atoms with Gasteiger partial charge in [0.1, 0.15) is 18.1 Å². The van der Waals surface area contributed by atoms with Gasteiger partial charge in [0.05, 0.1) is 12.5 Å². The Hall–Kier alpha value is -3.51. The number of unbranched alkanes of at least 4 members (excludes halogenated alkanes) is 1. The Morgan fingerprint density at radius 1 is 0.919 bits per heavy atom. The van der Waals surface area contributed by atoms with E-state index in [-0.39, 0.29) is 25.2 Å². The number of carboxylic acids is 1. The summed E-state index contributed by atoms with van der Waals surface area (Å²) >= 11 is 0. The summed E-state index contributed by atoms with van der Waals surface area (Å²) < 4.78 is 0. The highest BCUT2D eigenvalue weighted by Gasteiger charge is 2.32. The maximum atomic E-state index is 13.2. The quantitative estimate of drug-likeness (QED) is 0.128. The van der Waals surface area contributed by atoms with Gasteiger partial charge in [-0.1, -0.05) is 50.6 Å². The highest BCUT2D eigenvalue weighted by Crippen LogP contribution is 2.11. The van der Waals surface area contributed by atoms with Gasteiger partial charge >= 0.3 is 5.97 Å². The van der Waals surface area contributed by atoms with Crippen molar-refractivity contribution in [3.63, 3.8) is 0 Å². The van der Waals surface area contributed by atoms with Crippen LogP contribution in [0.1, 0.15) is 51.5 Å². The van der Waals surface area contributed by atoms with Gasteiger partial charge in [-0.05, 0) is 37.3 Å². The molecule has 10 N–H and O–H groups in total. The molecule has 1 aromatic rings. The zero-order valence-corrected chi connectivity index (χ0v) is 21.4. The van der Waals surface area contributed by atoms with E-state index in [2.05, 4.69) is 16.0 Å². The van der Waals surface area contributed by atoms with Crippen molar-refractivity contribution in [1.82, 2.24) is 16.0 Å². The van der Waals surface area contributed by atoms with Crippen molar-refractivity contribution in [2.24, 2.45) is 23.1 Å². The average molecular weight is 521 g/mol. The molecule has 0 bridgehead atoms. The fraction of sp³-hybridized carbons (Fsp3) is 0.560. The van der Waals surface area contributed by atoms with Crippen LogP contribution in [0.15, 0.2) is 30.3 Å². The van der Waals surface area contributed by atoms with Gasteiger partial charge in [-0.15, -0.1) is 0 Å². The van der Waals surface area contributed by atoms with Crippen molar-refractivity contribution in [3.8, 4) is 0 Å². The standard InChI is InChI=1S/C25H40N6O6/c1-3-15(2)21(31-22(33)17(27)14-20(28)32)24(35)29-18(11-7-8-12-26)23(34)30-19(25(36)37)13-16-9-5-4-6-10-16/h4-6,9-10,15,17-19,21H,3,7-8,11-14,26-27H2,1-2H3,(H2,28,32)(H,29,35)(H,30,34)(H,31,33)(H,36,37). The molecule has 0 heterocycles. The number of rotatable bonds is 17. The summed E-state index contributed by atoms with van der Waals surface area (Å²) in [5, 5.41) is 17.4. The van der Waals surface area contributed by atoms with Crippen molar-refractivity contribution >= 4 is 29.6 Å². The Morgan fingerprint density at radius 3 is 2.08 bits per heavy atom. The van der Waals surface area contributed by atoms with Crippen molar-refractivity contribution in [3.05, 3.63) is 35.9 Å². The highest BCUT2D eigenvalue weighted by molar-refractivity contribution is 5.95. The van der Waals surface area contributed by atoms with Crippen molar-refractivity contribution < 1.29 is 29.1 Å². The molecule has 5 atom stereocenters. The summed E-state index contributed by atoms with van der Waals surface area (Å²) in [6.07, 6.45) is 1.52. The molecule has 0 radical (unpaired) electrons. The smallest absolute Gasteiger partial charge is 0.326 e. The van der Waals surface area contributed by atoms with Crippen LogP contribution in [0.4, 0.5) is 0 Å². The van der Waals surface area contributed by atoms with Crippen LogP contribution >= 0.6 is 0 Å². The molecule has 1 aromatic carbocycles. The molecule has 0 aliphatic carbocycles. The third kappa shape index (κ3) is 11.4. The molecule has 4 amide bonds. The molecule has 0 aliphatic heterocycles. The van der Waals surface area contributed by atoms with Crippen molar-refractivity contribution in [2.75, 3.05) is 6.54 Å². The van der Waals surface area contributed by atoms with Crippen LogP contribution in [0.2, 0.25) is 0 Å². The fourth-order valence-electron chi connectivity index (χ4n) is 3.62. The predicted octanol–water partition coefficient (Wildman–Crippen LogP) is -0.854. The van der Waals surface area contributed by atoms with Gasteiger partial charge in [0, 0.05) is 6.42 Å². The largest absolute Gasteiger partial charge is 0.480 e. The molecule has 0 spiro atoms. The summed E-state index contributed by atoms with van der Waals surface area (Å²) in [6, 6.07) is 4.31. The number of nitrogens with one attached hydrogen (secondary N) is 3. The van der Waals surface area contributed by atoms with Crippen LogP contribution in [0, 0.1) is 5.92 Å². The van der Waals surface area contributed by atoms with Gasteiger partial charge < -0.3 is 38.3 Å². The monoisotopic (exact) mass is 520 g/mol.